The molecule has 0 aromatic heterocycles. The molecule has 2 aromatic rings. The summed E-state index contributed by atoms with van der Waals surface area (Å²) in [5.41, 5.74) is 3.03. The number of anilines is 2. The summed E-state index contributed by atoms with van der Waals surface area (Å²) < 4.78 is 11.2. The molecule has 3 rings (SSSR count). The van der Waals surface area contributed by atoms with Crippen molar-refractivity contribution >= 4 is 17.3 Å². The third-order valence-corrected chi connectivity index (χ3v) is 4.44. The van der Waals surface area contributed by atoms with Gasteiger partial charge in [0.1, 0.15) is 5.75 Å². The number of amides is 1. The van der Waals surface area contributed by atoms with E-state index in [1.807, 2.05) is 62.4 Å². The quantitative estimate of drug-likeness (QED) is 0.861. The van der Waals surface area contributed by atoms with E-state index in [1.54, 1.807) is 0 Å². The van der Waals surface area contributed by atoms with Crippen LogP contribution in [0.3, 0.4) is 0 Å². The number of nitrogens with one attached hydrogen (secondary N) is 1. The topological polar surface area (TPSA) is 50.8 Å². The largest absolute Gasteiger partial charge is 0.481 e. The number of carbonyl (C=O) groups is 1. The van der Waals surface area contributed by atoms with Crippen molar-refractivity contribution in [1.82, 2.24) is 0 Å². The third kappa shape index (κ3) is 4.76. The minimum Gasteiger partial charge on any atom is -0.481 e. The van der Waals surface area contributed by atoms with Gasteiger partial charge in [-0.15, -0.1) is 0 Å². The second kappa shape index (κ2) is 8.72. The minimum absolute atomic E-state index is 0.131. The number of aryl methyl sites for hydroxylation is 1. The average molecular weight is 354 g/mol. The lowest BCUT2D eigenvalue weighted by atomic mass is 10.2. The normalized spacial score (nSPS) is 15.4. The zero-order valence-electron chi connectivity index (χ0n) is 15.4. The highest BCUT2D eigenvalue weighted by molar-refractivity contribution is 5.94. The number of rotatable bonds is 6. The summed E-state index contributed by atoms with van der Waals surface area (Å²) in [5, 5.41) is 2.95. The van der Waals surface area contributed by atoms with Crippen molar-refractivity contribution in [2.45, 2.75) is 26.4 Å². The van der Waals surface area contributed by atoms with E-state index in [-0.39, 0.29) is 5.91 Å². The first-order chi connectivity index (χ1) is 12.7. The Morgan fingerprint density at radius 2 is 1.92 bits per heavy atom. The lowest BCUT2D eigenvalue weighted by Crippen LogP contribution is -2.36. The second-order valence-electron chi connectivity index (χ2n) is 6.47. The van der Waals surface area contributed by atoms with Crippen LogP contribution >= 0.6 is 0 Å². The molecule has 5 heteroatoms. The summed E-state index contributed by atoms with van der Waals surface area (Å²) >= 11 is 0. The molecular formula is C21H26N2O3. The van der Waals surface area contributed by atoms with Crippen LogP contribution in [0.5, 0.6) is 5.75 Å². The van der Waals surface area contributed by atoms with Crippen molar-refractivity contribution in [2.75, 3.05) is 36.5 Å². The summed E-state index contributed by atoms with van der Waals surface area (Å²) in [4.78, 5) is 14.8. The fourth-order valence-electron chi connectivity index (χ4n) is 2.98. The number of ether oxygens (including phenoxy) is 2. The fraction of sp³-hybridized carbons (Fsp3) is 0.381. The first-order valence-corrected chi connectivity index (χ1v) is 9.12. The summed E-state index contributed by atoms with van der Waals surface area (Å²) in [6.07, 6.45) is 0.0850. The Morgan fingerprint density at radius 1 is 1.19 bits per heavy atom. The molecular weight excluding hydrogens is 328 g/mol. The second-order valence-corrected chi connectivity index (χ2v) is 6.47. The Labute approximate surface area is 154 Å². The highest BCUT2D eigenvalue weighted by atomic mass is 16.5. The molecule has 0 saturated carbocycles. The van der Waals surface area contributed by atoms with Gasteiger partial charge >= 0.3 is 0 Å². The average Bonchev–Trinajstić information content (AvgIpc) is 2.67. The molecule has 1 aliphatic heterocycles. The van der Waals surface area contributed by atoms with Gasteiger partial charge in [-0.25, -0.2) is 0 Å². The van der Waals surface area contributed by atoms with Gasteiger partial charge in [-0.2, -0.15) is 0 Å². The maximum atomic E-state index is 12.6. The molecule has 1 fully saturated rings. The smallest absolute Gasteiger partial charge is 0.265 e. The van der Waals surface area contributed by atoms with Gasteiger partial charge in [0.25, 0.3) is 5.91 Å². The van der Waals surface area contributed by atoms with Gasteiger partial charge < -0.3 is 19.7 Å². The van der Waals surface area contributed by atoms with E-state index in [0.29, 0.717) is 6.42 Å². The standard InChI is InChI=1S/C21H26N2O3/c1-3-20(26-19-6-4-5-16(2)15-19)21(24)22-17-7-9-18(10-8-17)23-11-13-25-14-12-23/h4-10,15,20H,3,11-14H2,1-2H3,(H,22,24)/t20-/m1/s1. The van der Waals surface area contributed by atoms with Crippen LogP contribution in [0.2, 0.25) is 0 Å². The highest BCUT2D eigenvalue weighted by Gasteiger charge is 2.19. The summed E-state index contributed by atoms with van der Waals surface area (Å²) in [6, 6.07) is 15.7. The van der Waals surface area contributed by atoms with Crippen LogP contribution in [0, 0.1) is 6.92 Å². The van der Waals surface area contributed by atoms with Gasteiger partial charge in [0.15, 0.2) is 6.10 Å². The van der Waals surface area contributed by atoms with Crippen LogP contribution in [-0.2, 0) is 9.53 Å². The number of hydrogen-bond acceptors (Lipinski definition) is 4. The molecule has 0 spiro atoms. The molecule has 5 nitrogen and oxygen atoms in total. The van der Waals surface area contributed by atoms with E-state index >= 15 is 0 Å². The molecule has 138 valence electrons. The van der Waals surface area contributed by atoms with E-state index in [4.69, 9.17) is 9.47 Å². The summed E-state index contributed by atoms with van der Waals surface area (Å²) in [6.45, 7) is 7.26. The fourth-order valence-corrected chi connectivity index (χ4v) is 2.98. The monoisotopic (exact) mass is 354 g/mol. The van der Waals surface area contributed by atoms with E-state index in [9.17, 15) is 4.79 Å². The van der Waals surface area contributed by atoms with E-state index in [0.717, 1.165) is 49.0 Å². The van der Waals surface area contributed by atoms with Crippen molar-refractivity contribution in [3.8, 4) is 5.75 Å². The molecule has 0 aliphatic carbocycles. The third-order valence-electron chi connectivity index (χ3n) is 4.44. The Balaban J connectivity index is 1.60. The molecule has 0 unspecified atom stereocenters. The number of carbonyl (C=O) groups excluding carboxylic acids is 1. The van der Waals surface area contributed by atoms with Crippen LogP contribution in [0.4, 0.5) is 11.4 Å². The maximum absolute atomic E-state index is 12.6. The van der Waals surface area contributed by atoms with Gasteiger partial charge in [0.2, 0.25) is 0 Å². The first-order valence-electron chi connectivity index (χ1n) is 9.12. The zero-order valence-corrected chi connectivity index (χ0v) is 15.4. The van der Waals surface area contributed by atoms with Gasteiger partial charge in [0.05, 0.1) is 13.2 Å². The molecule has 26 heavy (non-hydrogen) atoms. The van der Waals surface area contributed by atoms with Crippen LogP contribution < -0.4 is 15.0 Å². The zero-order chi connectivity index (χ0) is 18.4. The molecule has 1 amide bonds. The lowest BCUT2D eigenvalue weighted by Gasteiger charge is -2.29. The molecule has 0 radical (unpaired) electrons. The Bertz CT molecular complexity index is 724. The first kappa shape index (κ1) is 18.3. The van der Waals surface area contributed by atoms with Crippen molar-refractivity contribution in [3.05, 3.63) is 54.1 Å². The van der Waals surface area contributed by atoms with Crippen molar-refractivity contribution in [1.29, 1.82) is 0 Å². The molecule has 1 heterocycles. The lowest BCUT2D eigenvalue weighted by molar-refractivity contribution is -0.122. The highest BCUT2D eigenvalue weighted by Crippen LogP contribution is 2.20. The predicted molar refractivity (Wildman–Crippen MR) is 104 cm³/mol. The Kier molecular flexibility index (Phi) is 6.12. The van der Waals surface area contributed by atoms with E-state index < -0.39 is 6.10 Å². The number of hydrogen-bond donors (Lipinski definition) is 1. The number of morpholine rings is 1. The van der Waals surface area contributed by atoms with Crippen LogP contribution in [0.25, 0.3) is 0 Å². The Morgan fingerprint density at radius 3 is 2.58 bits per heavy atom. The van der Waals surface area contributed by atoms with Crippen molar-refractivity contribution in [2.24, 2.45) is 0 Å². The van der Waals surface area contributed by atoms with E-state index in [1.165, 1.54) is 0 Å². The summed E-state index contributed by atoms with van der Waals surface area (Å²) in [5.74, 6) is 0.586. The van der Waals surface area contributed by atoms with Gasteiger partial charge in [-0.1, -0.05) is 19.1 Å². The molecule has 1 aliphatic rings. The SMILES string of the molecule is CC[C@@H](Oc1cccc(C)c1)C(=O)Nc1ccc(N2CCOCC2)cc1. The van der Waals surface area contributed by atoms with Crippen LogP contribution in [0.15, 0.2) is 48.5 Å². The van der Waals surface area contributed by atoms with Crippen molar-refractivity contribution < 1.29 is 14.3 Å². The van der Waals surface area contributed by atoms with Gasteiger partial charge in [-0.3, -0.25) is 4.79 Å². The minimum atomic E-state index is -0.518. The van der Waals surface area contributed by atoms with Gasteiger partial charge in [-0.05, 0) is 55.3 Å². The number of nitrogens with zero attached hydrogens (tertiary/aromatic N) is 1. The maximum Gasteiger partial charge on any atom is 0.265 e. The van der Waals surface area contributed by atoms with E-state index in [2.05, 4.69) is 10.2 Å². The molecule has 1 atom stereocenters. The predicted octanol–water partition coefficient (Wildman–Crippen LogP) is 3.63. The molecule has 1 saturated heterocycles. The summed E-state index contributed by atoms with van der Waals surface area (Å²) in [7, 11) is 0. The molecule has 0 bridgehead atoms. The Hall–Kier alpha value is -2.53. The van der Waals surface area contributed by atoms with Crippen molar-refractivity contribution in [3.63, 3.8) is 0 Å². The van der Waals surface area contributed by atoms with Gasteiger partial charge in [0, 0.05) is 24.5 Å². The molecule has 1 N–H and O–H groups in total. The number of benzene rings is 2. The van der Waals surface area contributed by atoms with Crippen LogP contribution in [-0.4, -0.2) is 38.3 Å². The van der Waals surface area contributed by atoms with Crippen LogP contribution in [0.1, 0.15) is 18.9 Å². The molecule has 2 aromatic carbocycles.